The maximum absolute atomic E-state index is 12.3. The van der Waals surface area contributed by atoms with Gasteiger partial charge in [0, 0.05) is 31.9 Å². The van der Waals surface area contributed by atoms with Crippen molar-refractivity contribution in [1.29, 1.82) is 0 Å². The Hall–Kier alpha value is -1.80. The van der Waals surface area contributed by atoms with Gasteiger partial charge in [0.25, 0.3) is 0 Å². The molecule has 1 unspecified atom stereocenters. The average molecular weight is 398 g/mol. The van der Waals surface area contributed by atoms with Gasteiger partial charge < -0.3 is 15.0 Å². The van der Waals surface area contributed by atoms with Crippen LogP contribution >= 0.6 is 0 Å². The maximum Gasteiger partial charge on any atom is 0.249 e. The van der Waals surface area contributed by atoms with Gasteiger partial charge in [0.1, 0.15) is 6.10 Å². The van der Waals surface area contributed by atoms with Gasteiger partial charge in [0.15, 0.2) is 0 Å². The first-order chi connectivity index (χ1) is 12.8. The topological polar surface area (TPSA) is 79.0 Å². The summed E-state index contributed by atoms with van der Waals surface area (Å²) in [7, 11) is -3.46. The molecule has 1 atom stereocenters. The molecule has 0 aliphatic carbocycles. The fourth-order valence-electron chi connectivity index (χ4n) is 3.35. The average Bonchev–Trinajstić information content (AvgIpc) is 3.14. The van der Waals surface area contributed by atoms with E-state index in [0.717, 1.165) is 30.8 Å². The molecular formula is C19H31N3O4S. The van der Waals surface area contributed by atoms with Gasteiger partial charge in [0.05, 0.1) is 18.5 Å². The number of carbonyl (C=O) groups excluding carboxylic acids is 1. The van der Waals surface area contributed by atoms with Crippen LogP contribution in [0.3, 0.4) is 0 Å². The second kappa shape index (κ2) is 9.41. The minimum Gasteiger partial charge on any atom is -0.372 e. The van der Waals surface area contributed by atoms with Crippen LogP contribution in [0.5, 0.6) is 0 Å². The van der Waals surface area contributed by atoms with Crippen molar-refractivity contribution < 1.29 is 17.9 Å². The van der Waals surface area contributed by atoms with Crippen molar-refractivity contribution in [2.24, 2.45) is 0 Å². The van der Waals surface area contributed by atoms with E-state index in [1.165, 1.54) is 10.6 Å². The Balaban J connectivity index is 2.10. The Morgan fingerprint density at radius 3 is 2.52 bits per heavy atom. The van der Waals surface area contributed by atoms with Gasteiger partial charge in [0.2, 0.25) is 15.9 Å². The SMILES string of the molecule is CCN(CC)c1ccc(N(CCNC(=O)C2CCCO2)S(C)(=O)=O)c(C)c1. The minimum absolute atomic E-state index is 0.172. The van der Waals surface area contributed by atoms with E-state index in [2.05, 4.69) is 24.1 Å². The van der Waals surface area contributed by atoms with Crippen molar-refractivity contribution in [1.82, 2.24) is 5.32 Å². The number of anilines is 2. The third kappa shape index (κ3) is 5.59. The standard InChI is InChI=1S/C19H31N3O4S/c1-5-21(6-2)16-9-10-17(15(3)14-16)22(27(4,24)25)12-11-20-19(23)18-8-7-13-26-18/h9-10,14,18H,5-8,11-13H2,1-4H3,(H,20,23). The summed E-state index contributed by atoms with van der Waals surface area (Å²) in [5.74, 6) is -0.172. The molecule has 1 fully saturated rings. The van der Waals surface area contributed by atoms with Gasteiger partial charge in [-0.1, -0.05) is 0 Å². The molecule has 1 aliphatic heterocycles. The molecule has 1 aromatic carbocycles. The van der Waals surface area contributed by atoms with Crippen LogP contribution in [0.15, 0.2) is 18.2 Å². The first-order valence-electron chi connectivity index (χ1n) is 9.50. The number of nitrogens with one attached hydrogen (secondary N) is 1. The number of hydrogen-bond donors (Lipinski definition) is 1. The quantitative estimate of drug-likeness (QED) is 0.689. The van der Waals surface area contributed by atoms with Crippen molar-refractivity contribution in [2.75, 3.05) is 48.2 Å². The lowest BCUT2D eigenvalue weighted by Gasteiger charge is -2.27. The van der Waals surface area contributed by atoms with E-state index in [1.807, 2.05) is 25.1 Å². The molecule has 1 saturated heterocycles. The zero-order valence-corrected chi connectivity index (χ0v) is 17.5. The number of hydrogen-bond acceptors (Lipinski definition) is 5. The zero-order chi connectivity index (χ0) is 20.0. The van der Waals surface area contributed by atoms with Crippen LogP contribution in [-0.2, 0) is 19.6 Å². The Morgan fingerprint density at radius 1 is 1.30 bits per heavy atom. The number of amides is 1. The van der Waals surface area contributed by atoms with Crippen LogP contribution in [0.4, 0.5) is 11.4 Å². The second-order valence-electron chi connectivity index (χ2n) is 6.77. The molecule has 1 amide bonds. The molecular weight excluding hydrogens is 366 g/mol. The molecule has 27 heavy (non-hydrogen) atoms. The van der Waals surface area contributed by atoms with Crippen molar-refractivity contribution in [2.45, 2.75) is 39.7 Å². The normalized spacial score (nSPS) is 17.0. The minimum atomic E-state index is -3.46. The monoisotopic (exact) mass is 397 g/mol. The molecule has 1 heterocycles. The molecule has 1 N–H and O–H groups in total. The van der Waals surface area contributed by atoms with Crippen LogP contribution in [0.1, 0.15) is 32.3 Å². The Labute approximate surface area is 162 Å². The van der Waals surface area contributed by atoms with Gasteiger partial charge in [-0.05, 0) is 57.4 Å². The molecule has 1 aliphatic rings. The summed E-state index contributed by atoms with van der Waals surface area (Å²) in [5, 5.41) is 2.79. The largest absolute Gasteiger partial charge is 0.372 e. The number of ether oxygens (including phenoxy) is 1. The summed E-state index contributed by atoms with van der Waals surface area (Å²) in [6.07, 6.45) is 2.37. The summed E-state index contributed by atoms with van der Waals surface area (Å²) in [6, 6.07) is 5.79. The lowest BCUT2D eigenvalue weighted by Crippen LogP contribution is -2.41. The predicted octanol–water partition coefficient (Wildman–Crippen LogP) is 1.90. The van der Waals surface area contributed by atoms with Crippen LogP contribution < -0.4 is 14.5 Å². The third-order valence-electron chi connectivity index (χ3n) is 4.81. The van der Waals surface area contributed by atoms with Gasteiger partial charge >= 0.3 is 0 Å². The molecule has 1 aromatic rings. The van der Waals surface area contributed by atoms with Crippen LogP contribution in [-0.4, -0.2) is 59.5 Å². The van der Waals surface area contributed by atoms with Crippen molar-refractivity contribution in [3.63, 3.8) is 0 Å². The molecule has 2 rings (SSSR count). The second-order valence-corrected chi connectivity index (χ2v) is 8.68. The zero-order valence-electron chi connectivity index (χ0n) is 16.7. The Bertz CT molecular complexity index is 741. The highest BCUT2D eigenvalue weighted by molar-refractivity contribution is 7.92. The molecule has 0 saturated carbocycles. The lowest BCUT2D eigenvalue weighted by molar-refractivity contribution is -0.129. The molecule has 7 nitrogen and oxygen atoms in total. The van der Waals surface area contributed by atoms with Crippen molar-refractivity contribution >= 4 is 27.3 Å². The van der Waals surface area contributed by atoms with E-state index < -0.39 is 16.1 Å². The summed E-state index contributed by atoms with van der Waals surface area (Å²) in [6.45, 7) is 8.89. The lowest BCUT2D eigenvalue weighted by atomic mass is 10.1. The van der Waals surface area contributed by atoms with Crippen molar-refractivity contribution in [3.8, 4) is 0 Å². The van der Waals surface area contributed by atoms with E-state index in [1.54, 1.807) is 0 Å². The smallest absolute Gasteiger partial charge is 0.249 e. The van der Waals surface area contributed by atoms with Gasteiger partial charge in [-0.15, -0.1) is 0 Å². The number of carbonyl (C=O) groups is 1. The highest BCUT2D eigenvalue weighted by Crippen LogP contribution is 2.27. The van der Waals surface area contributed by atoms with Gasteiger partial charge in [-0.2, -0.15) is 0 Å². The number of sulfonamides is 1. The summed E-state index contributed by atoms with van der Waals surface area (Å²) in [4.78, 5) is 14.3. The maximum atomic E-state index is 12.3. The molecule has 0 aromatic heterocycles. The van der Waals surface area contributed by atoms with E-state index >= 15 is 0 Å². The molecule has 152 valence electrons. The molecule has 0 radical (unpaired) electrons. The first kappa shape index (κ1) is 21.5. The number of rotatable bonds is 9. The molecule has 0 spiro atoms. The van der Waals surface area contributed by atoms with Crippen molar-refractivity contribution in [3.05, 3.63) is 23.8 Å². The fourth-order valence-corrected chi connectivity index (χ4v) is 4.33. The van der Waals surface area contributed by atoms with E-state index in [0.29, 0.717) is 18.7 Å². The number of nitrogens with zero attached hydrogens (tertiary/aromatic N) is 2. The predicted molar refractivity (Wildman–Crippen MR) is 109 cm³/mol. The highest BCUT2D eigenvalue weighted by Gasteiger charge is 2.24. The molecule has 8 heteroatoms. The van der Waals surface area contributed by atoms with Crippen LogP contribution in [0.25, 0.3) is 0 Å². The Kier molecular flexibility index (Phi) is 7.49. The summed E-state index contributed by atoms with van der Waals surface area (Å²) >= 11 is 0. The van der Waals surface area contributed by atoms with Gasteiger partial charge in [-0.3, -0.25) is 9.10 Å². The van der Waals surface area contributed by atoms with E-state index in [-0.39, 0.29) is 19.0 Å². The van der Waals surface area contributed by atoms with E-state index in [9.17, 15) is 13.2 Å². The van der Waals surface area contributed by atoms with E-state index in [4.69, 9.17) is 4.74 Å². The number of benzene rings is 1. The third-order valence-corrected chi connectivity index (χ3v) is 5.99. The molecule has 0 bridgehead atoms. The Morgan fingerprint density at radius 2 is 2.00 bits per heavy atom. The van der Waals surface area contributed by atoms with Crippen LogP contribution in [0.2, 0.25) is 0 Å². The van der Waals surface area contributed by atoms with Crippen LogP contribution in [0, 0.1) is 6.92 Å². The summed E-state index contributed by atoms with van der Waals surface area (Å²) < 4.78 is 31.4. The first-order valence-corrected chi connectivity index (χ1v) is 11.3. The number of aryl methyl sites for hydroxylation is 1. The fraction of sp³-hybridized carbons (Fsp3) is 0.632. The van der Waals surface area contributed by atoms with Gasteiger partial charge in [-0.25, -0.2) is 8.42 Å². The highest BCUT2D eigenvalue weighted by atomic mass is 32.2. The summed E-state index contributed by atoms with van der Waals surface area (Å²) in [5.41, 5.74) is 2.59.